The van der Waals surface area contributed by atoms with Crippen LogP contribution in [0, 0.1) is 0 Å². The van der Waals surface area contributed by atoms with Crippen LogP contribution in [0.25, 0.3) is 0 Å². The minimum absolute atomic E-state index is 0.0121. The molecule has 0 unspecified atom stereocenters. The second-order valence-electron chi connectivity index (χ2n) is 6.38. The van der Waals surface area contributed by atoms with Crippen molar-refractivity contribution in [2.24, 2.45) is 16.5 Å². The molecule has 6 N–H and O–H groups in total. The normalized spacial score (nSPS) is 13.5. The van der Waals surface area contributed by atoms with E-state index >= 15 is 0 Å². The number of amides is 1. The van der Waals surface area contributed by atoms with Crippen LogP contribution in [0.5, 0.6) is 0 Å². The van der Waals surface area contributed by atoms with E-state index in [1.165, 1.54) is 5.56 Å². The molecule has 1 aliphatic rings. The van der Waals surface area contributed by atoms with Gasteiger partial charge in [0.15, 0.2) is 5.96 Å². The molecule has 1 aliphatic heterocycles. The molecule has 0 atom stereocenters. The highest BCUT2D eigenvalue weighted by molar-refractivity contribution is 6.04. The summed E-state index contributed by atoms with van der Waals surface area (Å²) in [5, 5.41) is 11.8. The van der Waals surface area contributed by atoms with Gasteiger partial charge in [-0.2, -0.15) is 0 Å². The fraction of sp³-hybridized carbons (Fsp3) is 0.211. The van der Waals surface area contributed by atoms with Crippen LogP contribution in [-0.4, -0.2) is 40.9 Å². The molecule has 0 spiro atoms. The van der Waals surface area contributed by atoms with Crippen molar-refractivity contribution in [1.29, 1.82) is 0 Å². The van der Waals surface area contributed by atoms with E-state index in [2.05, 4.69) is 10.3 Å². The summed E-state index contributed by atoms with van der Waals surface area (Å²) in [6.45, 7) is 1.28. The van der Waals surface area contributed by atoms with Gasteiger partial charge < -0.3 is 21.9 Å². The predicted octanol–water partition coefficient (Wildman–Crippen LogP) is 1.29. The Kier molecular flexibility index (Phi) is 5.37. The van der Waals surface area contributed by atoms with Gasteiger partial charge in [-0.1, -0.05) is 6.07 Å². The highest BCUT2D eigenvalue weighted by Gasteiger charge is 2.18. The van der Waals surface area contributed by atoms with Crippen molar-refractivity contribution in [3.63, 3.8) is 0 Å². The Hall–Kier alpha value is -3.39. The van der Waals surface area contributed by atoms with E-state index in [0.717, 1.165) is 12.0 Å². The zero-order valence-electron chi connectivity index (χ0n) is 14.7. The molecule has 1 amide bonds. The maximum atomic E-state index is 12.4. The molecule has 0 aliphatic carbocycles. The third-order valence-electron chi connectivity index (χ3n) is 4.30. The lowest BCUT2D eigenvalue weighted by Crippen LogP contribution is -2.34. The number of aliphatic carboxylic acids is 1. The monoisotopic (exact) mass is 367 g/mol. The molecule has 2 aromatic carbocycles. The van der Waals surface area contributed by atoms with E-state index in [4.69, 9.17) is 16.6 Å². The molecule has 0 saturated carbocycles. The Labute approximate surface area is 156 Å². The van der Waals surface area contributed by atoms with Crippen molar-refractivity contribution >= 4 is 29.2 Å². The lowest BCUT2D eigenvalue weighted by Gasteiger charge is -2.27. The average molecular weight is 367 g/mol. The molecule has 0 fully saturated rings. The van der Waals surface area contributed by atoms with Crippen molar-refractivity contribution in [2.45, 2.75) is 13.0 Å². The van der Waals surface area contributed by atoms with Crippen molar-refractivity contribution in [3.8, 4) is 0 Å². The van der Waals surface area contributed by atoms with Crippen LogP contribution in [0.4, 0.5) is 11.4 Å². The number of nitrogens with one attached hydrogen (secondary N) is 1. The molecular formula is C19H21N5O3. The zero-order chi connectivity index (χ0) is 19.4. The summed E-state index contributed by atoms with van der Waals surface area (Å²) in [6, 6.07) is 12.3. The van der Waals surface area contributed by atoms with Crippen LogP contribution in [-0.2, 0) is 17.8 Å². The molecule has 0 radical (unpaired) electrons. The Bertz CT molecular complexity index is 889. The maximum Gasteiger partial charge on any atom is 0.317 e. The number of rotatable bonds is 5. The summed E-state index contributed by atoms with van der Waals surface area (Å²) in [5.74, 6) is -1.13. The van der Waals surface area contributed by atoms with Gasteiger partial charge in [0.2, 0.25) is 0 Å². The summed E-state index contributed by atoms with van der Waals surface area (Å²) in [6.07, 6.45) is 0.795. The number of hydrogen-bond acceptors (Lipinski definition) is 4. The van der Waals surface area contributed by atoms with Crippen LogP contribution in [0.1, 0.15) is 21.5 Å². The average Bonchev–Trinajstić information content (AvgIpc) is 2.61. The van der Waals surface area contributed by atoms with Crippen LogP contribution >= 0.6 is 0 Å². The van der Waals surface area contributed by atoms with E-state index in [9.17, 15) is 9.59 Å². The molecule has 27 heavy (non-hydrogen) atoms. The fourth-order valence-electron chi connectivity index (χ4n) is 3.06. The summed E-state index contributed by atoms with van der Waals surface area (Å²) < 4.78 is 0. The maximum absolute atomic E-state index is 12.4. The second kappa shape index (κ2) is 7.88. The number of guanidine groups is 1. The fourth-order valence-corrected chi connectivity index (χ4v) is 3.06. The van der Waals surface area contributed by atoms with Crippen molar-refractivity contribution in [1.82, 2.24) is 4.90 Å². The minimum atomic E-state index is -0.841. The van der Waals surface area contributed by atoms with Gasteiger partial charge in [-0.25, -0.2) is 4.99 Å². The van der Waals surface area contributed by atoms with Gasteiger partial charge in [0.1, 0.15) is 0 Å². The van der Waals surface area contributed by atoms with Crippen LogP contribution < -0.4 is 16.8 Å². The number of fused-ring (bicyclic) bond motifs is 1. The first-order valence-electron chi connectivity index (χ1n) is 8.48. The van der Waals surface area contributed by atoms with E-state index in [0.29, 0.717) is 30.0 Å². The minimum Gasteiger partial charge on any atom is -0.480 e. The van der Waals surface area contributed by atoms with Crippen LogP contribution in [0.3, 0.4) is 0 Å². The van der Waals surface area contributed by atoms with E-state index < -0.39 is 5.97 Å². The molecular weight excluding hydrogens is 346 g/mol. The highest BCUT2D eigenvalue weighted by atomic mass is 16.4. The standard InChI is InChI=1S/C19H21N5O3/c20-19(21)23-15-4-2-13(3-5-15)18(27)22-16-6-1-12-7-8-24(11-17(25)26)10-14(12)9-16/h1-6,9H,7-8,10-11H2,(H,22,27)(H,25,26)(H4,20,21,23). The summed E-state index contributed by atoms with van der Waals surface area (Å²) in [5.41, 5.74) is 14.6. The van der Waals surface area contributed by atoms with Crippen molar-refractivity contribution in [2.75, 3.05) is 18.4 Å². The Morgan fingerprint density at radius 3 is 2.52 bits per heavy atom. The number of nitrogens with two attached hydrogens (primary N) is 2. The number of aliphatic imine (C=N–C) groups is 1. The largest absolute Gasteiger partial charge is 0.480 e. The number of carbonyl (C=O) groups is 2. The molecule has 2 aromatic rings. The SMILES string of the molecule is NC(N)=Nc1ccc(C(=O)Nc2ccc3c(c2)CN(CC(=O)O)CC3)cc1. The zero-order valence-corrected chi connectivity index (χ0v) is 14.7. The Morgan fingerprint density at radius 1 is 1.11 bits per heavy atom. The topological polar surface area (TPSA) is 134 Å². The van der Waals surface area contributed by atoms with Gasteiger partial charge in [-0.15, -0.1) is 0 Å². The quantitative estimate of drug-likeness (QED) is 0.465. The van der Waals surface area contributed by atoms with E-state index in [1.807, 2.05) is 23.1 Å². The number of anilines is 1. The lowest BCUT2D eigenvalue weighted by atomic mass is 9.99. The van der Waals surface area contributed by atoms with Gasteiger partial charge in [-0.3, -0.25) is 14.5 Å². The van der Waals surface area contributed by atoms with E-state index in [-0.39, 0.29) is 18.4 Å². The summed E-state index contributed by atoms with van der Waals surface area (Å²) in [7, 11) is 0. The molecule has 1 heterocycles. The summed E-state index contributed by atoms with van der Waals surface area (Å²) >= 11 is 0. The first-order valence-corrected chi connectivity index (χ1v) is 8.48. The number of carboxylic acids is 1. The van der Waals surface area contributed by atoms with Crippen molar-refractivity contribution < 1.29 is 14.7 Å². The molecule has 0 bridgehead atoms. The van der Waals surface area contributed by atoms with Gasteiger partial charge in [-0.05, 0) is 53.9 Å². The number of hydrogen-bond donors (Lipinski definition) is 4. The molecule has 8 heteroatoms. The van der Waals surface area contributed by atoms with Gasteiger partial charge in [0.05, 0.1) is 12.2 Å². The smallest absolute Gasteiger partial charge is 0.317 e. The predicted molar refractivity (Wildman–Crippen MR) is 103 cm³/mol. The lowest BCUT2D eigenvalue weighted by molar-refractivity contribution is -0.138. The number of nitrogens with zero attached hydrogens (tertiary/aromatic N) is 2. The van der Waals surface area contributed by atoms with Gasteiger partial charge in [0.25, 0.3) is 5.91 Å². The Morgan fingerprint density at radius 2 is 1.85 bits per heavy atom. The number of carboxylic acid groups (broad SMARTS) is 1. The Balaban J connectivity index is 1.70. The van der Waals surface area contributed by atoms with Gasteiger partial charge in [0, 0.05) is 24.3 Å². The number of benzene rings is 2. The third-order valence-corrected chi connectivity index (χ3v) is 4.30. The molecule has 0 aromatic heterocycles. The first kappa shape index (κ1) is 18.4. The summed E-state index contributed by atoms with van der Waals surface area (Å²) in [4.78, 5) is 29.1. The molecule has 8 nitrogen and oxygen atoms in total. The van der Waals surface area contributed by atoms with Crippen LogP contribution in [0.2, 0.25) is 0 Å². The first-order chi connectivity index (χ1) is 12.9. The van der Waals surface area contributed by atoms with Crippen molar-refractivity contribution in [3.05, 3.63) is 59.2 Å². The molecule has 0 saturated heterocycles. The molecule has 3 rings (SSSR count). The third kappa shape index (κ3) is 4.83. The molecule has 140 valence electrons. The van der Waals surface area contributed by atoms with Crippen LogP contribution in [0.15, 0.2) is 47.5 Å². The van der Waals surface area contributed by atoms with E-state index in [1.54, 1.807) is 24.3 Å². The second-order valence-corrected chi connectivity index (χ2v) is 6.38. The highest BCUT2D eigenvalue weighted by Crippen LogP contribution is 2.23. The van der Waals surface area contributed by atoms with Gasteiger partial charge >= 0.3 is 5.97 Å². The number of carbonyl (C=O) groups excluding carboxylic acids is 1.